The van der Waals surface area contributed by atoms with Gasteiger partial charge < -0.3 is 14.7 Å². The van der Waals surface area contributed by atoms with E-state index in [2.05, 4.69) is 29.4 Å². The van der Waals surface area contributed by atoms with E-state index in [1.54, 1.807) is 48.0 Å². The third kappa shape index (κ3) is 3.77. The first-order valence-corrected chi connectivity index (χ1v) is 10.8. The highest BCUT2D eigenvalue weighted by Gasteiger charge is 2.38. The van der Waals surface area contributed by atoms with E-state index in [0.29, 0.717) is 18.7 Å². The molecule has 0 aromatic heterocycles. The van der Waals surface area contributed by atoms with Crippen molar-refractivity contribution in [1.29, 1.82) is 0 Å². The average molecular weight is 399 g/mol. The molecular weight excluding hydrogens is 372 g/mol. The Kier molecular flexibility index (Phi) is 5.62. The predicted octanol–water partition coefficient (Wildman–Crippen LogP) is 2.66. The van der Waals surface area contributed by atoms with Crippen molar-refractivity contribution in [2.24, 2.45) is 0 Å². The van der Waals surface area contributed by atoms with Gasteiger partial charge in [0.15, 0.2) is 0 Å². The van der Waals surface area contributed by atoms with E-state index in [1.165, 1.54) is 16.0 Å². The molecule has 2 aliphatic rings. The molecule has 2 aromatic carbocycles. The normalized spacial score (nSPS) is 22.2. The lowest BCUT2D eigenvalue weighted by Gasteiger charge is -2.35. The molecule has 2 aromatic rings. The number of hydrogen-bond donors (Lipinski definition) is 1. The molecule has 0 saturated carbocycles. The van der Waals surface area contributed by atoms with Crippen LogP contribution in [0.5, 0.6) is 5.75 Å². The van der Waals surface area contributed by atoms with Gasteiger partial charge in [0.05, 0.1) is 19.3 Å². The van der Waals surface area contributed by atoms with Crippen LogP contribution in [-0.4, -0.2) is 66.0 Å². The van der Waals surface area contributed by atoms with Crippen molar-refractivity contribution in [2.75, 3.05) is 33.0 Å². The van der Waals surface area contributed by atoms with Crippen LogP contribution in [0.3, 0.4) is 0 Å². The van der Waals surface area contributed by atoms with E-state index in [4.69, 9.17) is 4.74 Å². The maximum atomic E-state index is 12.8. The zero-order valence-corrected chi connectivity index (χ0v) is 17.1. The number of aliphatic hydroxyl groups excluding tert-OH is 1. The fourth-order valence-electron chi connectivity index (χ4n) is 4.17. The Morgan fingerprint density at radius 1 is 1.14 bits per heavy atom. The van der Waals surface area contributed by atoms with Gasteiger partial charge in [-0.05, 0) is 60.2 Å². The number of aliphatic hydroxyl groups is 1. The molecule has 0 bridgehead atoms. The molecule has 1 amide bonds. The predicted molar refractivity (Wildman–Crippen MR) is 111 cm³/mol. The van der Waals surface area contributed by atoms with E-state index in [-0.39, 0.29) is 11.9 Å². The van der Waals surface area contributed by atoms with Crippen LogP contribution >= 0.6 is 11.8 Å². The van der Waals surface area contributed by atoms with E-state index >= 15 is 0 Å². The fourth-order valence-corrected chi connectivity index (χ4v) is 4.64. The van der Waals surface area contributed by atoms with Crippen molar-refractivity contribution in [3.8, 4) is 5.75 Å². The van der Waals surface area contributed by atoms with Gasteiger partial charge in [-0.3, -0.25) is 9.69 Å². The van der Waals surface area contributed by atoms with Gasteiger partial charge in [0.2, 0.25) is 0 Å². The first-order chi connectivity index (χ1) is 13.6. The molecule has 5 nitrogen and oxygen atoms in total. The van der Waals surface area contributed by atoms with Crippen LogP contribution in [0.25, 0.3) is 0 Å². The number of carbonyl (C=O) groups excluding carboxylic acids is 1. The van der Waals surface area contributed by atoms with Crippen molar-refractivity contribution < 1.29 is 14.6 Å². The number of fused-ring (bicyclic) bond motifs is 1. The summed E-state index contributed by atoms with van der Waals surface area (Å²) in [5.41, 5.74) is 3.36. The number of methoxy groups -OCH3 is 1. The monoisotopic (exact) mass is 398 g/mol. The highest BCUT2D eigenvalue weighted by molar-refractivity contribution is 7.98. The summed E-state index contributed by atoms with van der Waals surface area (Å²) in [5.74, 6) is 0.693. The van der Waals surface area contributed by atoms with Crippen LogP contribution in [0.1, 0.15) is 21.5 Å². The Morgan fingerprint density at radius 3 is 2.64 bits per heavy atom. The first kappa shape index (κ1) is 19.3. The summed E-state index contributed by atoms with van der Waals surface area (Å²) in [6.45, 7) is 2.68. The van der Waals surface area contributed by atoms with E-state index < -0.39 is 6.10 Å². The minimum absolute atomic E-state index is 0.0180. The smallest absolute Gasteiger partial charge is 0.254 e. The van der Waals surface area contributed by atoms with Crippen molar-refractivity contribution in [3.63, 3.8) is 0 Å². The standard InChI is InChI=1S/C22H26N2O3S/c1-27-18-6-3-15(4-7-18)22(26)24-13-20(21(25)14-24)23-10-9-16-11-19(28-2)8-5-17(16)12-23/h3-8,11,20-21,25H,9-10,12-14H2,1-2H3/t20-,21-/m0/s1. The summed E-state index contributed by atoms with van der Waals surface area (Å²) in [4.78, 5) is 18.2. The molecule has 0 aliphatic carbocycles. The largest absolute Gasteiger partial charge is 0.497 e. The van der Waals surface area contributed by atoms with Crippen LogP contribution in [0.4, 0.5) is 0 Å². The second-order valence-corrected chi connectivity index (χ2v) is 8.31. The molecule has 2 atom stereocenters. The fraction of sp³-hybridized carbons (Fsp3) is 0.409. The highest BCUT2D eigenvalue weighted by Crippen LogP contribution is 2.28. The lowest BCUT2D eigenvalue weighted by molar-refractivity contribution is 0.0735. The summed E-state index contributed by atoms with van der Waals surface area (Å²) < 4.78 is 5.16. The Bertz CT molecular complexity index is 855. The maximum absolute atomic E-state index is 12.8. The van der Waals surface area contributed by atoms with Gasteiger partial charge in [-0.25, -0.2) is 0 Å². The van der Waals surface area contributed by atoms with Gasteiger partial charge >= 0.3 is 0 Å². The third-order valence-electron chi connectivity index (χ3n) is 5.81. The molecule has 2 aliphatic heterocycles. The van der Waals surface area contributed by atoms with E-state index in [1.807, 2.05) is 0 Å². The number of carbonyl (C=O) groups is 1. The zero-order chi connectivity index (χ0) is 19.7. The minimum Gasteiger partial charge on any atom is -0.497 e. The number of β-amino-alcohol motifs (C(OH)–C–C–N with tert-alkyl or cyclic N) is 1. The first-order valence-electron chi connectivity index (χ1n) is 9.60. The highest BCUT2D eigenvalue weighted by atomic mass is 32.2. The summed E-state index contributed by atoms with van der Waals surface area (Å²) in [6, 6.07) is 13.8. The molecule has 0 unspecified atom stereocenters. The van der Waals surface area contributed by atoms with Gasteiger partial charge in [0, 0.05) is 36.6 Å². The second-order valence-electron chi connectivity index (χ2n) is 7.43. The topological polar surface area (TPSA) is 53.0 Å². The molecule has 6 heteroatoms. The third-order valence-corrected chi connectivity index (χ3v) is 6.53. The maximum Gasteiger partial charge on any atom is 0.254 e. The van der Waals surface area contributed by atoms with Crippen molar-refractivity contribution in [1.82, 2.24) is 9.80 Å². The summed E-state index contributed by atoms with van der Waals surface area (Å²) in [5, 5.41) is 10.7. The lowest BCUT2D eigenvalue weighted by Crippen LogP contribution is -2.45. The average Bonchev–Trinajstić information content (AvgIpc) is 3.14. The van der Waals surface area contributed by atoms with Crippen LogP contribution in [-0.2, 0) is 13.0 Å². The Labute approximate surface area is 170 Å². The van der Waals surface area contributed by atoms with Crippen LogP contribution < -0.4 is 4.74 Å². The molecule has 148 valence electrons. The SMILES string of the molecule is COc1ccc(C(=O)N2C[C@H](O)[C@@H](N3CCc4cc(SC)ccc4C3)C2)cc1. The zero-order valence-electron chi connectivity index (χ0n) is 16.3. The number of ether oxygens (including phenoxy) is 1. The molecule has 2 heterocycles. The van der Waals surface area contributed by atoms with Gasteiger partial charge in [0.25, 0.3) is 5.91 Å². The quantitative estimate of drug-likeness (QED) is 0.803. The van der Waals surface area contributed by atoms with Gasteiger partial charge in [0.1, 0.15) is 5.75 Å². The van der Waals surface area contributed by atoms with Crippen LogP contribution in [0.15, 0.2) is 47.4 Å². The second kappa shape index (κ2) is 8.15. The Morgan fingerprint density at radius 2 is 1.93 bits per heavy atom. The molecule has 28 heavy (non-hydrogen) atoms. The number of amides is 1. The van der Waals surface area contributed by atoms with Crippen molar-refractivity contribution in [3.05, 3.63) is 59.2 Å². The molecule has 0 radical (unpaired) electrons. The number of rotatable bonds is 4. The number of benzene rings is 2. The van der Waals surface area contributed by atoms with Crippen molar-refractivity contribution in [2.45, 2.75) is 30.0 Å². The van der Waals surface area contributed by atoms with Gasteiger partial charge in [-0.15, -0.1) is 11.8 Å². The number of likely N-dealkylation sites (tertiary alicyclic amines) is 1. The van der Waals surface area contributed by atoms with Crippen LogP contribution in [0, 0.1) is 0 Å². The Balaban J connectivity index is 1.44. The number of hydrogen-bond acceptors (Lipinski definition) is 5. The summed E-state index contributed by atoms with van der Waals surface area (Å²) in [7, 11) is 1.61. The minimum atomic E-state index is -0.519. The molecule has 1 N–H and O–H groups in total. The summed E-state index contributed by atoms with van der Waals surface area (Å²) >= 11 is 1.77. The molecule has 0 spiro atoms. The molecule has 4 rings (SSSR count). The van der Waals surface area contributed by atoms with Crippen molar-refractivity contribution >= 4 is 17.7 Å². The van der Waals surface area contributed by atoms with Gasteiger partial charge in [-0.1, -0.05) is 6.07 Å². The molecule has 1 fully saturated rings. The molecular formula is C22H26N2O3S. The van der Waals surface area contributed by atoms with E-state index in [0.717, 1.165) is 25.3 Å². The van der Waals surface area contributed by atoms with E-state index in [9.17, 15) is 9.90 Å². The summed E-state index contributed by atoms with van der Waals surface area (Å²) in [6.07, 6.45) is 2.56. The number of thioether (sulfide) groups is 1. The van der Waals surface area contributed by atoms with Crippen LogP contribution in [0.2, 0.25) is 0 Å². The molecule has 1 saturated heterocycles. The number of nitrogens with zero attached hydrogens (tertiary/aromatic N) is 2. The van der Waals surface area contributed by atoms with Gasteiger partial charge in [-0.2, -0.15) is 0 Å². The Hall–Kier alpha value is -2.02. The lowest BCUT2D eigenvalue weighted by atomic mass is 9.98.